The predicted molar refractivity (Wildman–Crippen MR) is 63.3 cm³/mol. The summed E-state index contributed by atoms with van der Waals surface area (Å²) in [7, 11) is 2.04. The molecule has 0 aliphatic rings. The highest BCUT2D eigenvalue weighted by atomic mass is 32.1. The molecule has 5 heteroatoms. The molecule has 84 valence electrons. The van der Waals surface area contributed by atoms with E-state index < -0.39 is 0 Å². The summed E-state index contributed by atoms with van der Waals surface area (Å²) in [5.74, 6) is 0.278. The molecule has 15 heavy (non-hydrogen) atoms. The van der Waals surface area contributed by atoms with Crippen molar-refractivity contribution in [1.82, 2.24) is 4.90 Å². The summed E-state index contributed by atoms with van der Waals surface area (Å²) in [6, 6.07) is 4.42. The maximum Gasteiger partial charge on any atom is 0.140 e. The van der Waals surface area contributed by atoms with Gasteiger partial charge in [-0.1, -0.05) is 11.2 Å². The van der Waals surface area contributed by atoms with Gasteiger partial charge >= 0.3 is 0 Å². The maximum absolute atomic E-state index is 8.47. The Bertz CT molecular complexity index is 310. The van der Waals surface area contributed by atoms with Crippen molar-refractivity contribution in [3.63, 3.8) is 0 Å². The van der Waals surface area contributed by atoms with E-state index in [9.17, 15) is 0 Å². The molecule has 1 aromatic heterocycles. The summed E-state index contributed by atoms with van der Waals surface area (Å²) in [6.07, 6.45) is 0.582. The summed E-state index contributed by atoms with van der Waals surface area (Å²) in [4.78, 5) is 3.51. The Hall–Kier alpha value is -1.07. The quantitative estimate of drug-likeness (QED) is 0.348. The molecule has 0 saturated heterocycles. The maximum atomic E-state index is 8.47. The van der Waals surface area contributed by atoms with Gasteiger partial charge < -0.3 is 10.9 Å². The van der Waals surface area contributed by atoms with Gasteiger partial charge in [-0.25, -0.2) is 0 Å². The number of nitrogens with two attached hydrogens (primary N) is 1. The number of thiophene rings is 1. The summed E-state index contributed by atoms with van der Waals surface area (Å²) >= 11 is 1.74. The minimum atomic E-state index is 0.267. The molecule has 0 bridgehead atoms. The molecular formula is C10H17N3OS. The number of oxime groups is 1. The van der Waals surface area contributed by atoms with Crippen LogP contribution >= 0.6 is 11.3 Å². The molecule has 1 heterocycles. The molecular weight excluding hydrogens is 210 g/mol. The highest BCUT2D eigenvalue weighted by Gasteiger charge is 2.11. The monoisotopic (exact) mass is 227 g/mol. The fourth-order valence-electron chi connectivity index (χ4n) is 1.30. The van der Waals surface area contributed by atoms with E-state index in [0.717, 1.165) is 6.54 Å². The summed E-state index contributed by atoms with van der Waals surface area (Å²) in [5.41, 5.74) is 5.46. The van der Waals surface area contributed by atoms with E-state index in [1.165, 1.54) is 4.88 Å². The van der Waals surface area contributed by atoms with Crippen molar-refractivity contribution >= 4 is 17.2 Å². The lowest BCUT2D eigenvalue weighted by Crippen LogP contribution is -2.32. The Labute approximate surface area is 94.0 Å². The molecule has 1 atom stereocenters. The Morgan fingerprint density at radius 3 is 3.00 bits per heavy atom. The fraction of sp³-hybridized carbons (Fsp3) is 0.500. The first-order valence-corrected chi connectivity index (χ1v) is 5.70. The molecule has 4 nitrogen and oxygen atoms in total. The van der Waals surface area contributed by atoms with Gasteiger partial charge in [0.05, 0.1) is 0 Å². The highest BCUT2D eigenvalue weighted by Crippen LogP contribution is 2.13. The van der Waals surface area contributed by atoms with Crippen LogP contribution in [0.3, 0.4) is 0 Å². The third-order valence-electron chi connectivity index (χ3n) is 2.37. The van der Waals surface area contributed by atoms with Gasteiger partial charge in [0.2, 0.25) is 0 Å². The van der Waals surface area contributed by atoms with E-state index in [-0.39, 0.29) is 11.9 Å². The first kappa shape index (κ1) is 12.0. The first-order chi connectivity index (χ1) is 7.13. The Morgan fingerprint density at radius 2 is 2.47 bits per heavy atom. The van der Waals surface area contributed by atoms with Crippen LogP contribution in [0.4, 0.5) is 0 Å². The van der Waals surface area contributed by atoms with Gasteiger partial charge in [0, 0.05) is 23.9 Å². The third-order valence-corrected chi connectivity index (χ3v) is 3.23. The van der Waals surface area contributed by atoms with Crippen LogP contribution < -0.4 is 5.73 Å². The highest BCUT2D eigenvalue weighted by molar-refractivity contribution is 7.09. The van der Waals surface area contributed by atoms with Crippen LogP contribution in [-0.2, 0) is 6.54 Å². The molecule has 0 spiro atoms. The van der Waals surface area contributed by atoms with Crippen LogP contribution in [0, 0.1) is 0 Å². The zero-order valence-corrected chi connectivity index (χ0v) is 9.87. The molecule has 1 aromatic rings. The van der Waals surface area contributed by atoms with E-state index in [1.54, 1.807) is 11.3 Å². The predicted octanol–water partition coefficient (Wildman–Crippen LogP) is 1.70. The van der Waals surface area contributed by atoms with Crippen molar-refractivity contribution in [3.8, 4) is 0 Å². The second-order valence-corrected chi connectivity index (χ2v) is 4.67. The van der Waals surface area contributed by atoms with Crippen LogP contribution in [0.25, 0.3) is 0 Å². The average Bonchev–Trinajstić information content (AvgIpc) is 2.70. The lowest BCUT2D eigenvalue weighted by atomic mass is 10.2. The normalized spacial score (nSPS) is 14.5. The summed E-state index contributed by atoms with van der Waals surface area (Å²) in [5, 5.41) is 13.5. The van der Waals surface area contributed by atoms with E-state index in [4.69, 9.17) is 10.9 Å². The molecule has 0 aromatic carbocycles. The third kappa shape index (κ3) is 3.89. The van der Waals surface area contributed by atoms with Crippen LogP contribution in [0.5, 0.6) is 0 Å². The Morgan fingerprint density at radius 1 is 1.73 bits per heavy atom. The van der Waals surface area contributed by atoms with Crippen LogP contribution in [0.1, 0.15) is 18.2 Å². The van der Waals surface area contributed by atoms with Crippen LogP contribution in [0.2, 0.25) is 0 Å². The van der Waals surface area contributed by atoms with Crippen molar-refractivity contribution in [3.05, 3.63) is 22.4 Å². The molecule has 0 saturated carbocycles. The van der Waals surface area contributed by atoms with Crippen molar-refractivity contribution in [1.29, 1.82) is 0 Å². The standard InChI is InChI=1S/C10H17N3OS/c1-8(6-10(11)12-14)13(2)7-9-4-3-5-15-9/h3-5,8,14H,6-7H2,1-2H3,(H2,11,12). The minimum absolute atomic E-state index is 0.267. The second-order valence-electron chi connectivity index (χ2n) is 3.64. The fourth-order valence-corrected chi connectivity index (χ4v) is 2.07. The van der Waals surface area contributed by atoms with E-state index in [1.807, 2.05) is 13.1 Å². The van der Waals surface area contributed by atoms with Gasteiger partial charge in [-0.3, -0.25) is 4.90 Å². The van der Waals surface area contributed by atoms with Gasteiger partial charge in [-0.15, -0.1) is 11.3 Å². The second kappa shape index (κ2) is 5.72. The number of rotatable bonds is 5. The van der Waals surface area contributed by atoms with Gasteiger partial charge in [0.25, 0.3) is 0 Å². The molecule has 0 amide bonds. The number of nitrogens with zero attached hydrogens (tertiary/aromatic N) is 2. The van der Waals surface area contributed by atoms with E-state index >= 15 is 0 Å². The zero-order valence-electron chi connectivity index (χ0n) is 9.05. The van der Waals surface area contributed by atoms with E-state index in [0.29, 0.717) is 6.42 Å². The van der Waals surface area contributed by atoms with E-state index in [2.05, 4.69) is 28.4 Å². The van der Waals surface area contributed by atoms with Gasteiger partial charge in [-0.2, -0.15) is 0 Å². The molecule has 0 fully saturated rings. The van der Waals surface area contributed by atoms with Crippen molar-refractivity contribution < 1.29 is 5.21 Å². The average molecular weight is 227 g/mol. The topological polar surface area (TPSA) is 61.9 Å². The number of hydrogen-bond acceptors (Lipinski definition) is 4. The Kier molecular flexibility index (Phi) is 4.58. The van der Waals surface area contributed by atoms with Crippen molar-refractivity contribution in [2.24, 2.45) is 10.9 Å². The van der Waals surface area contributed by atoms with Gasteiger partial charge in [0.15, 0.2) is 0 Å². The molecule has 0 aliphatic carbocycles. The molecule has 1 unspecified atom stereocenters. The minimum Gasteiger partial charge on any atom is -0.409 e. The van der Waals surface area contributed by atoms with Crippen molar-refractivity contribution in [2.75, 3.05) is 7.05 Å². The van der Waals surface area contributed by atoms with Crippen LogP contribution in [-0.4, -0.2) is 29.0 Å². The first-order valence-electron chi connectivity index (χ1n) is 4.82. The molecule has 0 radical (unpaired) electrons. The largest absolute Gasteiger partial charge is 0.409 e. The zero-order chi connectivity index (χ0) is 11.3. The summed E-state index contributed by atoms with van der Waals surface area (Å²) in [6.45, 7) is 2.96. The number of amidine groups is 1. The SMILES string of the molecule is CC(CC(N)=NO)N(C)Cc1cccs1. The van der Waals surface area contributed by atoms with Crippen molar-refractivity contribution in [2.45, 2.75) is 25.9 Å². The lowest BCUT2D eigenvalue weighted by molar-refractivity contribution is 0.253. The van der Waals surface area contributed by atoms with Gasteiger partial charge in [-0.05, 0) is 25.4 Å². The molecule has 1 rings (SSSR count). The van der Waals surface area contributed by atoms with Gasteiger partial charge in [0.1, 0.15) is 5.84 Å². The van der Waals surface area contributed by atoms with Crippen LogP contribution in [0.15, 0.2) is 22.7 Å². The molecule has 3 N–H and O–H groups in total. The molecule has 0 aliphatic heterocycles. The lowest BCUT2D eigenvalue weighted by Gasteiger charge is -2.23. The smallest absolute Gasteiger partial charge is 0.140 e. The number of hydrogen-bond donors (Lipinski definition) is 2. The Balaban J connectivity index is 2.43. The summed E-state index contributed by atoms with van der Waals surface area (Å²) < 4.78 is 0.